The Morgan fingerprint density at radius 2 is 1.83 bits per heavy atom. The van der Waals surface area contributed by atoms with Crippen LogP contribution in [0.25, 0.3) is 21.5 Å². The average molecular weight is 671 g/mol. The fraction of sp³-hybridized carbons (Fsp3) is 0.343. The molecule has 0 spiro atoms. The van der Waals surface area contributed by atoms with Crippen LogP contribution in [0.3, 0.4) is 0 Å². The summed E-state index contributed by atoms with van der Waals surface area (Å²) >= 11 is 7.77. The molecule has 0 bridgehead atoms. The van der Waals surface area contributed by atoms with Crippen molar-refractivity contribution >= 4 is 45.8 Å². The molecule has 1 N–H and O–H groups in total. The highest BCUT2D eigenvalue weighted by Gasteiger charge is 2.42. The lowest BCUT2D eigenvalue weighted by Crippen LogP contribution is -2.53. The van der Waals surface area contributed by atoms with E-state index in [9.17, 15) is 19.5 Å². The van der Waals surface area contributed by atoms with Gasteiger partial charge in [0.15, 0.2) is 0 Å². The smallest absolute Gasteiger partial charge is 0.263 e. The molecule has 0 radical (unpaired) electrons. The van der Waals surface area contributed by atoms with Crippen LogP contribution in [0.4, 0.5) is 0 Å². The molecule has 10 nitrogen and oxygen atoms in total. The molecule has 0 aliphatic carbocycles. The van der Waals surface area contributed by atoms with E-state index in [-0.39, 0.29) is 35.8 Å². The van der Waals surface area contributed by atoms with Crippen LogP contribution in [0.2, 0.25) is 5.02 Å². The molecular formula is C35H35ClN6O4S. The first kappa shape index (κ1) is 31.3. The zero-order valence-corrected chi connectivity index (χ0v) is 27.5. The number of hydrogen-bond donors (Lipinski definition) is 1. The highest BCUT2D eigenvalue weighted by Crippen LogP contribution is 2.38. The minimum absolute atomic E-state index is 0.0437. The molecule has 0 unspecified atom stereocenters. The van der Waals surface area contributed by atoms with Gasteiger partial charge in [0.2, 0.25) is 5.91 Å². The molecule has 7 rings (SSSR count). The molecule has 2 fully saturated rings. The summed E-state index contributed by atoms with van der Waals surface area (Å²) in [5.41, 5.74) is 1.11. The Balaban J connectivity index is 1.04. The summed E-state index contributed by atoms with van der Waals surface area (Å²) in [6.07, 6.45) is 7.87. The van der Waals surface area contributed by atoms with Crippen molar-refractivity contribution in [3.05, 3.63) is 105 Å². The van der Waals surface area contributed by atoms with Gasteiger partial charge in [-0.25, -0.2) is 4.98 Å². The van der Waals surface area contributed by atoms with Crippen molar-refractivity contribution in [1.29, 1.82) is 0 Å². The number of amides is 2. The van der Waals surface area contributed by atoms with E-state index in [2.05, 4.69) is 9.97 Å². The van der Waals surface area contributed by atoms with Crippen molar-refractivity contribution in [2.75, 3.05) is 26.2 Å². The third-order valence-electron chi connectivity index (χ3n) is 9.62. The molecule has 242 valence electrons. The van der Waals surface area contributed by atoms with Crippen molar-refractivity contribution in [2.24, 2.45) is 13.0 Å². The Bertz CT molecular complexity index is 2000. The summed E-state index contributed by atoms with van der Waals surface area (Å²) in [5, 5.41) is 12.6. The van der Waals surface area contributed by atoms with Crippen LogP contribution in [0.1, 0.15) is 40.4 Å². The Labute approximate surface area is 280 Å². The van der Waals surface area contributed by atoms with Crippen molar-refractivity contribution in [2.45, 2.75) is 37.3 Å². The van der Waals surface area contributed by atoms with E-state index in [1.54, 1.807) is 35.3 Å². The summed E-state index contributed by atoms with van der Waals surface area (Å²) in [5.74, 6) is -0.485. The normalized spacial score (nSPS) is 19.6. The summed E-state index contributed by atoms with van der Waals surface area (Å²) < 4.78 is 3.26. The molecule has 47 heavy (non-hydrogen) atoms. The number of aromatic nitrogens is 4. The number of aliphatic hydroxyl groups is 1. The standard InChI is InChI=1S/C35H35ClN6O4S/c1-39-15-10-25-31(39)38-22-42(33(25)44)21-35(46)12-17-40(18-13-35)32(43)24-11-16-41(20-27(24)23-5-3-2-4-6-23)34(45)30-8-7-29(47-30)26-19-37-14-9-28(26)36/h2-10,14-15,19,22,24,27,46H,11-13,16-18,20-21H2,1H3/t24-,27+/m1/s1. The topological polar surface area (TPSA) is 114 Å². The summed E-state index contributed by atoms with van der Waals surface area (Å²) in [6, 6.07) is 17.1. The Hall–Kier alpha value is -4.32. The lowest BCUT2D eigenvalue weighted by atomic mass is 9.79. The Morgan fingerprint density at radius 3 is 2.60 bits per heavy atom. The number of piperidine rings is 2. The molecule has 4 aromatic heterocycles. The zero-order chi connectivity index (χ0) is 32.7. The molecule has 1 aromatic carbocycles. The van der Waals surface area contributed by atoms with Gasteiger partial charge in [0, 0.05) is 74.1 Å². The molecule has 2 atom stereocenters. The van der Waals surface area contributed by atoms with E-state index in [1.807, 2.05) is 59.3 Å². The van der Waals surface area contributed by atoms with E-state index in [0.717, 1.165) is 16.0 Å². The maximum Gasteiger partial charge on any atom is 0.263 e. The maximum absolute atomic E-state index is 14.1. The third-order valence-corrected chi connectivity index (χ3v) is 11.1. The van der Waals surface area contributed by atoms with Gasteiger partial charge in [-0.1, -0.05) is 41.9 Å². The van der Waals surface area contributed by atoms with Gasteiger partial charge in [-0.15, -0.1) is 11.3 Å². The average Bonchev–Trinajstić information content (AvgIpc) is 3.73. The number of hydrogen-bond acceptors (Lipinski definition) is 7. The summed E-state index contributed by atoms with van der Waals surface area (Å²) in [7, 11) is 1.84. The maximum atomic E-state index is 14.1. The van der Waals surface area contributed by atoms with Crippen LogP contribution in [0.5, 0.6) is 0 Å². The summed E-state index contributed by atoms with van der Waals surface area (Å²) in [4.78, 5) is 54.7. The van der Waals surface area contributed by atoms with Gasteiger partial charge in [0.05, 0.1) is 27.4 Å². The largest absolute Gasteiger partial charge is 0.388 e. The SMILES string of the molecule is Cn1ccc2c(=O)n(CC3(O)CCN(C(=O)[C@@H]4CCN(C(=O)c5ccc(-c6cnccc6Cl)s5)C[C@H]4c4ccccc4)CC3)cnc21. The monoisotopic (exact) mass is 670 g/mol. The lowest BCUT2D eigenvalue weighted by Gasteiger charge is -2.43. The minimum Gasteiger partial charge on any atom is -0.388 e. The fourth-order valence-electron chi connectivity index (χ4n) is 6.93. The third kappa shape index (κ3) is 6.10. The van der Waals surface area contributed by atoms with Crippen molar-refractivity contribution in [3.8, 4) is 10.4 Å². The molecule has 5 aromatic rings. The van der Waals surface area contributed by atoms with Crippen molar-refractivity contribution < 1.29 is 14.7 Å². The van der Waals surface area contributed by atoms with E-state index in [1.165, 1.54) is 22.2 Å². The van der Waals surface area contributed by atoms with Gasteiger partial charge in [0.25, 0.3) is 11.5 Å². The molecule has 2 aliphatic rings. The number of aryl methyl sites for hydroxylation is 1. The predicted octanol–water partition coefficient (Wildman–Crippen LogP) is 4.81. The fourth-order valence-corrected chi connectivity index (χ4v) is 8.19. The second kappa shape index (κ2) is 12.7. The first-order valence-electron chi connectivity index (χ1n) is 15.8. The van der Waals surface area contributed by atoms with E-state index in [0.29, 0.717) is 66.4 Å². The van der Waals surface area contributed by atoms with Gasteiger partial charge in [-0.2, -0.15) is 0 Å². The molecular weight excluding hydrogens is 636 g/mol. The molecule has 2 saturated heterocycles. The van der Waals surface area contributed by atoms with Crippen LogP contribution in [0, 0.1) is 5.92 Å². The zero-order valence-electron chi connectivity index (χ0n) is 26.0. The van der Waals surface area contributed by atoms with Crippen LogP contribution < -0.4 is 5.56 Å². The predicted molar refractivity (Wildman–Crippen MR) is 181 cm³/mol. The van der Waals surface area contributed by atoms with Gasteiger partial charge < -0.3 is 19.5 Å². The highest BCUT2D eigenvalue weighted by molar-refractivity contribution is 7.17. The number of likely N-dealkylation sites (tertiary alicyclic amines) is 2. The van der Waals surface area contributed by atoms with Crippen molar-refractivity contribution in [1.82, 2.24) is 28.9 Å². The molecule has 2 amide bonds. The number of thiophene rings is 1. The minimum atomic E-state index is -1.13. The van der Waals surface area contributed by atoms with Crippen LogP contribution in [-0.4, -0.2) is 77.6 Å². The highest BCUT2D eigenvalue weighted by atomic mass is 35.5. The Kier molecular flexibility index (Phi) is 8.46. The number of benzene rings is 1. The first-order valence-corrected chi connectivity index (χ1v) is 17.0. The van der Waals surface area contributed by atoms with Gasteiger partial charge in [-0.05, 0) is 49.1 Å². The number of rotatable bonds is 6. The number of nitrogens with zero attached hydrogens (tertiary/aromatic N) is 6. The number of carbonyl (C=O) groups excluding carboxylic acids is 2. The van der Waals surface area contributed by atoms with E-state index in [4.69, 9.17) is 11.6 Å². The van der Waals surface area contributed by atoms with Gasteiger partial charge in [0.1, 0.15) is 12.0 Å². The number of carbonyl (C=O) groups is 2. The lowest BCUT2D eigenvalue weighted by molar-refractivity contribution is -0.142. The second-order valence-electron chi connectivity index (χ2n) is 12.6. The molecule has 2 aliphatic heterocycles. The van der Waals surface area contributed by atoms with Gasteiger partial charge >= 0.3 is 0 Å². The van der Waals surface area contributed by atoms with Crippen molar-refractivity contribution in [3.63, 3.8) is 0 Å². The quantitative estimate of drug-likeness (QED) is 0.278. The van der Waals surface area contributed by atoms with Crippen LogP contribution >= 0.6 is 22.9 Å². The second-order valence-corrected chi connectivity index (χ2v) is 14.1. The molecule has 0 saturated carbocycles. The first-order chi connectivity index (χ1) is 22.7. The number of pyridine rings is 1. The molecule has 6 heterocycles. The Morgan fingerprint density at radius 1 is 1.04 bits per heavy atom. The summed E-state index contributed by atoms with van der Waals surface area (Å²) in [6.45, 7) is 1.79. The number of halogens is 1. The molecule has 12 heteroatoms. The van der Waals surface area contributed by atoms with E-state index < -0.39 is 5.60 Å². The van der Waals surface area contributed by atoms with E-state index >= 15 is 0 Å². The van der Waals surface area contributed by atoms with Crippen LogP contribution in [-0.2, 0) is 18.4 Å². The number of fused-ring (bicyclic) bond motifs is 1. The van der Waals surface area contributed by atoms with Crippen LogP contribution in [0.15, 0.2) is 84.3 Å². The van der Waals surface area contributed by atoms with Gasteiger partial charge in [-0.3, -0.25) is 23.9 Å².